The monoisotopic (exact) mass is 290 g/mol. The third-order valence-corrected chi connectivity index (χ3v) is 4.73. The molecule has 21 heavy (non-hydrogen) atoms. The van der Waals surface area contributed by atoms with E-state index in [9.17, 15) is 4.79 Å². The van der Waals surface area contributed by atoms with E-state index >= 15 is 0 Å². The fraction of sp³-hybridized carbons (Fsp3) is 0.706. The molecule has 0 saturated heterocycles. The summed E-state index contributed by atoms with van der Waals surface area (Å²) >= 11 is 0. The van der Waals surface area contributed by atoms with Crippen molar-refractivity contribution in [2.45, 2.75) is 65.5 Å². The van der Waals surface area contributed by atoms with Crippen LogP contribution in [0.5, 0.6) is 0 Å². The predicted molar refractivity (Wildman–Crippen MR) is 82.1 cm³/mol. The van der Waals surface area contributed by atoms with Crippen LogP contribution in [0, 0.1) is 18.3 Å². The lowest BCUT2D eigenvalue weighted by Crippen LogP contribution is -2.45. The number of amides is 2. The van der Waals surface area contributed by atoms with E-state index in [-0.39, 0.29) is 23.5 Å². The highest BCUT2D eigenvalue weighted by Gasteiger charge is 2.36. The van der Waals surface area contributed by atoms with Crippen molar-refractivity contribution in [1.29, 1.82) is 0 Å². The fourth-order valence-electron chi connectivity index (χ4n) is 3.43. The van der Waals surface area contributed by atoms with E-state index in [0.717, 1.165) is 29.9 Å². The molecule has 4 nitrogen and oxygen atoms in total. The average molecular weight is 290 g/mol. The van der Waals surface area contributed by atoms with Crippen molar-refractivity contribution in [1.82, 2.24) is 10.6 Å². The molecule has 2 aliphatic carbocycles. The number of rotatable bonds is 3. The molecule has 2 amide bonds. The van der Waals surface area contributed by atoms with E-state index in [4.69, 9.17) is 4.42 Å². The van der Waals surface area contributed by atoms with Crippen molar-refractivity contribution >= 4 is 6.03 Å². The molecule has 2 N–H and O–H groups in total. The van der Waals surface area contributed by atoms with Gasteiger partial charge >= 0.3 is 6.03 Å². The molecule has 0 aliphatic heterocycles. The number of hydrogen-bond donors (Lipinski definition) is 2. The van der Waals surface area contributed by atoms with Crippen LogP contribution in [0.25, 0.3) is 0 Å². The maximum absolute atomic E-state index is 12.2. The topological polar surface area (TPSA) is 54.3 Å². The summed E-state index contributed by atoms with van der Waals surface area (Å²) in [4.78, 5) is 12.2. The molecule has 0 spiro atoms. The number of carbonyl (C=O) groups is 1. The van der Waals surface area contributed by atoms with E-state index < -0.39 is 0 Å². The Morgan fingerprint density at radius 2 is 2.14 bits per heavy atom. The third kappa shape index (κ3) is 3.25. The van der Waals surface area contributed by atoms with Crippen LogP contribution in [0.15, 0.2) is 10.5 Å². The van der Waals surface area contributed by atoms with Crippen LogP contribution in [0.4, 0.5) is 4.79 Å². The summed E-state index contributed by atoms with van der Waals surface area (Å²) < 4.78 is 5.81. The Balaban J connectivity index is 1.70. The Labute approximate surface area is 126 Å². The Morgan fingerprint density at radius 1 is 1.43 bits per heavy atom. The van der Waals surface area contributed by atoms with Gasteiger partial charge in [0.25, 0.3) is 0 Å². The molecule has 2 unspecified atom stereocenters. The van der Waals surface area contributed by atoms with E-state index in [1.54, 1.807) is 0 Å². The molecule has 0 radical (unpaired) electrons. The van der Waals surface area contributed by atoms with Gasteiger partial charge in [0.2, 0.25) is 0 Å². The van der Waals surface area contributed by atoms with Crippen molar-refractivity contribution in [3.05, 3.63) is 23.2 Å². The van der Waals surface area contributed by atoms with Crippen molar-refractivity contribution < 1.29 is 9.21 Å². The van der Waals surface area contributed by atoms with Crippen LogP contribution in [0.2, 0.25) is 0 Å². The van der Waals surface area contributed by atoms with Crippen molar-refractivity contribution in [3.8, 4) is 0 Å². The quantitative estimate of drug-likeness (QED) is 0.892. The highest BCUT2D eigenvalue weighted by Crippen LogP contribution is 2.42. The minimum absolute atomic E-state index is 0.0487. The third-order valence-electron chi connectivity index (χ3n) is 4.73. The molecule has 0 aromatic carbocycles. The van der Waals surface area contributed by atoms with E-state index in [1.165, 1.54) is 12.8 Å². The number of nitrogens with one attached hydrogen (secondary N) is 2. The second kappa shape index (κ2) is 5.08. The van der Waals surface area contributed by atoms with E-state index in [0.29, 0.717) is 5.92 Å². The number of fused-ring (bicyclic) bond motifs is 1. The first-order valence-corrected chi connectivity index (χ1v) is 8.00. The molecule has 1 fully saturated rings. The van der Waals surface area contributed by atoms with Crippen LogP contribution in [0.1, 0.15) is 63.2 Å². The minimum atomic E-state index is -0.0538. The summed E-state index contributed by atoms with van der Waals surface area (Å²) in [6.07, 6.45) is 4.37. The molecular weight excluding hydrogens is 264 g/mol. The largest absolute Gasteiger partial charge is 0.466 e. The van der Waals surface area contributed by atoms with Crippen LogP contribution < -0.4 is 10.6 Å². The Morgan fingerprint density at radius 3 is 2.81 bits per heavy atom. The summed E-state index contributed by atoms with van der Waals surface area (Å²) in [5.41, 5.74) is 1.30. The lowest BCUT2D eigenvalue weighted by Gasteiger charge is -2.34. The Kier molecular flexibility index (Phi) is 3.50. The van der Waals surface area contributed by atoms with Gasteiger partial charge in [-0.3, -0.25) is 0 Å². The zero-order chi connectivity index (χ0) is 15.2. The molecule has 1 heterocycles. The molecule has 1 saturated carbocycles. The maximum Gasteiger partial charge on any atom is 0.315 e. The standard InChI is InChI=1S/C17H26N2O2/c1-10-7-13-14(8-17(3,4)9-15(13)21-10)19-16(20)18-11(2)12-5-6-12/h7,11-12,14H,5-6,8-9H2,1-4H3,(H2,18,19,20). The minimum Gasteiger partial charge on any atom is -0.466 e. The molecular formula is C17H26N2O2. The summed E-state index contributed by atoms with van der Waals surface area (Å²) in [5.74, 6) is 2.63. The molecule has 1 aromatic rings. The molecule has 116 valence electrons. The maximum atomic E-state index is 12.2. The SMILES string of the molecule is Cc1cc2c(o1)CC(C)(C)CC2NC(=O)NC(C)C1CC1. The number of aryl methyl sites for hydroxylation is 1. The lowest BCUT2D eigenvalue weighted by atomic mass is 9.75. The van der Waals surface area contributed by atoms with Gasteiger partial charge in [-0.1, -0.05) is 13.8 Å². The van der Waals surface area contributed by atoms with Gasteiger partial charge in [-0.25, -0.2) is 4.79 Å². The first-order valence-electron chi connectivity index (χ1n) is 8.00. The van der Waals surface area contributed by atoms with Crippen molar-refractivity contribution in [2.75, 3.05) is 0 Å². The lowest BCUT2D eigenvalue weighted by molar-refractivity contribution is 0.211. The van der Waals surface area contributed by atoms with Gasteiger partial charge in [0.1, 0.15) is 11.5 Å². The van der Waals surface area contributed by atoms with Crippen LogP contribution in [0.3, 0.4) is 0 Å². The van der Waals surface area contributed by atoms with Crippen LogP contribution in [-0.2, 0) is 6.42 Å². The molecule has 3 rings (SSSR count). The zero-order valence-corrected chi connectivity index (χ0v) is 13.5. The number of hydrogen-bond acceptors (Lipinski definition) is 2. The van der Waals surface area contributed by atoms with Gasteiger partial charge in [-0.05, 0) is 50.5 Å². The van der Waals surface area contributed by atoms with Gasteiger partial charge in [0.15, 0.2) is 0 Å². The molecule has 2 atom stereocenters. The van der Waals surface area contributed by atoms with Crippen molar-refractivity contribution in [3.63, 3.8) is 0 Å². The van der Waals surface area contributed by atoms with Gasteiger partial charge in [-0.2, -0.15) is 0 Å². The Bertz CT molecular complexity index is 543. The first kappa shape index (κ1) is 14.5. The second-order valence-electron chi connectivity index (χ2n) is 7.58. The number of urea groups is 1. The molecule has 4 heteroatoms. The normalized spacial score (nSPS) is 25.0. The van der Waals surface area contributed by atoms with E-state index in [2.05, 4.69) is 37.5 Å². The fourth-order valence-corrected chi connectivity index (χ4v) is 3.43. The van der Waals surface area contributed by atoms with Gasteiger partial charge in [0, 0.05) is 18.0 Å². The molecule has 1 aromatic heterocycles. The molecule has 0 bridgehead atoms. The summed E-state index contributed by atoms with van der Waals surface area (Å²) in [6.45, 7) is 8.52. The average Bonchev–Trinajstić information content (AvgIpc) is 3.11. The van der Waals surface area contributed by atoms with Gasteiger partial charge in [-0.15, -0.1) is 0 Å². The van der Waals surface area contributed by atoms with Crippen molar-refractivity contribution in [2.24, 2.45) is 11.3 Å². The molecule has 2 aliphatic rings. The smallest absolute Gasteiger partial charge is 0.315 e. The van der Waals surface area contributed by atoms with Gasteiger partial charge in [0.05, 0.1) is 6.04 Å². The van der Waals surface area contributed by atoms with Crippen LogP contribution in [-0.4, -0.2) is 12.1 Å². The summed E-state index contributed by atoms with van der Waals surface area (Å²) in [5, 5.41) is 6.22. The predicted octanol–water partition coefficient (Wildman–Crippen LogP) is 3.70. The highest BCUT2D eigenvalue weighted by molar-refractivity contribution is 5.75. The number of furan rings is 1. The first-order chi connectivity index (χ1) is 9.84. The second-order valence-corrected chi connectivity index (χ2v) is 7.58. The van der Waals surface area contributed by atoms with Crippen LogP contribution >= 0.6 is 0 Å². The van der Waals surface area contributed by atoms with Gasteiger partial charge < -0.3 is 15.1 Å². The highest BCUT2D eigenvalue weighted by atomic mass is 16.3. The Hall–Kier alpha value is -1.45. The number of carbonyl (C=O) groups excluding carboxylic acids is 1. The zero-order valence-electron chi connectivity index (χ0n) is 13.5. The summed E-state index contributed by atoms with van der Waals surface area (Å²) in [6, 6.07) is 2.33. The van der Waals surface area contributed by atoms with E-state index in [1.807, 2.05) is 6.92 Å². The summed E-state index contributed by atoms with van der Waals surface area (Å²) in [7, 11) is 0.